The molecule has 0 aromatic heterocycles. The van der Waals surface area contributed by atoms with E-state index in [-0.39, 0.29) is 5.91 Å². The Labute approximate surface area is 202 Å². The number of halogens is 1. The Hall–Kier alpha value is -2.49. The molecule has 1 aliphatic heterocycles. The van der Waals surface area contributed by atoms with Gasteiger partial charge in [0.1, 0.15) is 0 Å². The second-order valence-corrected chi connectivity index (χ2v) is 10.2. The number of carbonyl (C=O) groups excluding carboxylic acids is 1. The predicted molar refractivity (Wildman–Crippen MR) is 135 cm³/mol. The largest absolute Gasteiger partial charge is 0.353 e. The summed E-state index contributed by atoms with van der Waals surface area (Å²) in [6.07, 6.45) is 4.84. The van der Waals surface area contributed by atoms with Gasteiger partial charge < -0.3 is 10.6 Å². The standard InChI is InChI=1S/C26H26BrN3OS/c1-18-23(24(31)30-21-8-4-2-5-9-21)26(14-6-3-7-15-26)22(16-28)25(29-18)32-17-19-10-12-20(27)13-11-19/h2,4-5,8-13,29H,3,6-7,14-15,17H2,1H3,(H,30,31). The van der Waals surface area contributed by atoms with Crippen LogP contribution in [-0.2, 0) is 10.5 Å². The molecule has 0 radical (unpaired) electrons. The molecule has 32 heavy (non-hydrogen) atoms. The lowest BCUT2D eigenvalue weighted by molar-refractivity contribution is -0.114. The minimum absolute atomic E-state index is 0.118. The molecule has 2 aromatic carbocycles. The van der Waals surface area contributed by atoms with Gasteiger partial charge in [0.15, 0.2) is 0 Å². The van der Waals surface area contributed by atoms with Crippen molar-refractivity contribution in [3.8, 4) is 6.07 Å². The lowest BCUT2D eigenvalue weighted by atomic mass is 9.63. The van der Waals surface area contributed by atoms with Gasteiger partial charge in [0, 0.05) is 32.6 Å². The molecule has 6 heteroatoms. The predicted octanol–water partition coefficient (Wildman–Crippen LogP) is 6.88. The Morgan fingerprint density at radius 1 is 1.12 bits per heavy atom. The number of benzene rings is 2. The second-order valence-electron chi connectivity index (χ2n) is 8.32. The number of nitriles is 1. The molecule has 4 nitrogen and oxygen atoms in total. The number of para-hydroxylation sites is 1. The van der Waals surface area contributed by atoms with Gasteiger partial charge in [0.05, 0.1) is 16.7 Å². The number of hydrogen-bond donors (Lipinski definition) is 2. The summed E-state index contributed by atoms with van der Waals surface area (Å²) in [6.45, 7) is 1.96. The topological polar surface area (TPSA) is 64.9 Å². The van der Waals surface area contributed by atoms with Crippen LogP contribution < -0.4 is 10.6 Å². The summed E-state index contributed by atoms with van der Waals surface area (Å²) in [4.78, 5) is 13.5. The van der Waals surface area contributed by atoms with E-state index >= 15 is 0 Å². The zero-order valence-corrected chi connectivity index (χ0v) is 20.5. The van der Waals surface area contributed by atoms with Crippen LogP contribution in [0.2, 0.25) is 0 Å². The zero-order valence-electron chi connectivity index (χ0n) is 18.1. The first kappa shape index (κ1) is 22.7. The lowest BCUT2D eigenvalue weighted by Crippen LogP contribution is -2.41. The highest BCUT2D eigenvalue weighted by Crippen LogP contribution is 2.53. The van der Waals surface area contributed by atoms with E-state index in [1.54, 1.807) is 11.8 Å². The van der Waals surface area contributed by atoms with Crippen LogP contribution in [0.5, 0.6) is 0 Å². The summed E-state index contributed by atoms with van der Waals surface area (Å²) >= 11 is 5.12. The van der Waals surface area contributed by atoms with Crippen LogP contribution in [0.3, 0.4) is 0 Å². The number of dihydropyridines is 1. The molecule has 4 rings (SSSR count). The summed E-state index contributed by atoms with van der Waals surface area (Å²) in [5.41, 5.74) is 3.70. The van der Waals surface area contributed by atoms with Gasteiger partial charge in [-0.15, -0.1) is 11.8 Å². The summed E-state index contributed by atoms with van der Waals surface area (Å²) in [5.74, 6) is 0.642. The number of nitrogens with one attached hydrogen (secondary N) is 2. The highest BCUT2D eigenvalue weighted by Gasteiger charge is 2.47. The average Bonchev–Trinajstić information content (AvgIpc) is 2.80. The number of rotatable bonds is 5. The summed E-state index contributed by atoms with van der Waals surface area (Å²) in [5, 5.41) is 17.6. The maximum Gasteiger partial charge on any atom is 0.254 e. The van der Waals surface area contributed by atoms with Crippen molar-refractivity contribution in [3.05, 3.63) is 86.5 Å². The molecule has 1 fully saturated rings. The third-order valence-corrected chi connectivity index (χ3v) is 7.84. The fourth-order valence-corrected chi connectivity index (χ4v) is 6.14. The molecule has 0 unspecified atom stereocenters. The third-order valence-electron chi connectivity index (χ3n) is 6.23. The van der Waals surface area contributed by atoms with E-state index in [0.717, 1.165) is 58.7 Å². The molecule has 2 aliphatic rings. The average molecular weight is 508 g/mol. The van der Waals surface area contributed by atoms with Crippen LogP contribution in [0.4, 0.5) is 5.69 Å². The van der Waals surface area contributed by atoms with E-state index in [1.807, 2.05) is 49.4 Å². The molecule has 2 aromatic rings. The molecule has 1 heterocycles. The smallest absolute Gasteiger partial charge is 0.254 e. The van der Waals surface area contributed by atoms with E-state index in [1.165, 1.54) is 5.56 Å². The highest BCUT2D eigenvalue weighted by atomic mass is 79.9. The number of carbonyl (C=O) groups is 1. The molecular weight excluding hydrogens is 482 g/mol. The summed E-state index contributed by atoms with van der Waals surface area (Å²) in [7, 11) is 0. The molecule has 0 saturated heterocycles. The van der Waals surface area contributed by atoms with Gasteiger partial charge in [-0.05, 0) is 49.6 Å². The summed E-state index contributed by atoms with van der Waals surface area (Å²) in [6, 6.07) is 20.3. The maximum absolute atomic E-state index is 13.5. The summed E-state index contributed by atoms with van der Waals surface area (Å²) < 4.78 is 1.05. The molecule has 0 atom stereocenters. The molecular formula is C26H26BrN3OS. The third kappa shape index (κ3) is 4.65. The first-order chi connectivity index (χ1) is 15.5. The molecule has 2 N–H and O–H groups in total. The SMILES string of the molecule is CC1=C(C(=O)Nc2ccccc2)C2(CCCCC2)C(C#N)=C(SCc2ccc(Br)cc2)N1. The first-order valence-electron chi connectivity index (χ1n) is 10.9. The fraction of sp³-hybridized carbons (Fsp3) is 0.308. The van der Waals surface area contributed by atoms with Crippen molar-refractivity contribution in [2.45, 2.75) is 44.8 Å². The van der Waals surface area contributed by atoms with Gasteiger partial charge >= 0.3 is 0 Å². The number of hydrogen-bond acceptors (Lipinski definition) is 4. The minimum Gasteiger partial charge on any atom is -0.353 e. The molecule has 1 saturated carbocycles. The Morgan fingerprint density at radius 3 is 2.47 bits per heavy atom. The fourth-order valence-electron chi connectivity index (χ4n) is 4.76. The van der Waals surface area contributed by atoms with Gasteiger partial charge in [-0.1, -0.05) is 65.5 Å². The van der Waals surface area contributed by atoms with Gasteiger partial charge in [-0.2, -0.15) is 5.26 Å². The van der Waals surface area contributed by atoms with Crippen molar-refractivity contribution in [2.24, 2.45) is 5.41 Å². The minimum atomic E-state index is -0.525. The molecule has 1 spiro atoms. The second kappa shape index (κ2) is 9.97. The van der Waals surface area contributed by atoms with Gasteiger partial charge in [-0.25, -0.2) is 0 Å². The van der Waals surface area contributed by atoms with E-state index in [4.69, 9.17) is 0 Å². The van der Waals surface area contributed by atoms with Crippen molar-refractivity contribution >= 4 is 39.3 Å². The highest BCUT2D eigenvalue weighted by molar-refractivity contribution is 9.10. The van der Waals surface area contributed by atoms with Gasteiger partial charge in [-0.3, -0.25) is 4.79 Å². The van der Waals surface area contributed by atoms with Crippen LogP contribution in [0.1, 0.15) is 44.6 Å². The Balaban J connectivity index is 1.66. The van der Waals surface area contributed by atoms with Crippen molar-refractivity contribution < 1.29 is 4.79 Å². The molecule has 0 bridgehead atoms. The van der Waals surface area contributed by atoms with Crippen molar-refractivity contribution in [3.63, 3.8) is 0 Å². The number of allylic oxidation sites excluding steroid dienone is 2. The number of nitrogens with zero attached hydrogens (tertiary/aromatic N) is 1. The molecule has 1 amide bonds. The van der Waals surface area contributed by atoms with Crippen molar-refractivity contribution in [1.82, 2.24) is 5.32 Å². The van der Waals surface area contributed by atoms with Crippen LogP contribution in [0.25, 0.3) is 0 Å². The number of amides is 1. The maximum atomic E-state index is 13.5. The number of thioether (sulfide) groups is 1. The van der Waals surface area contributed by atoms with Gasteiger partial charge in [0.2, 0.25) is 0 Å². The monoisotopic (exact) mass is 507 g/mol. The van der Waals surface area contributed by atoms with Gasteiger partial charge in [0.25, 0.3) is 5.91 Å². The van der Waals surface area contributed by atoms with E-state index in [2.05, 4.69) is 44.8 Å². The zero-order chi connectivity index (χ0) is 22.6. The molecule has 1 aliphatic carbocycles. The van der Waals surface area contributed by atoms with E-state index < -0.39 is 5.41 Å². The Morgan fingerprint density at radius 2 is 1.81 bits per heavy atom. The molecule has 164 valence electrons. The van der Waals surface area contributed by atoms with Crippen LogP contribution in [0.15, 0.2) is 80.9 Å². The Kier molecular flexibility index (Phi) is 7.07. The van der Waals surface area contributed by atoms with E-state index in [0.29, 0.717) is 11.1 Å². The number of anilines is 1. The Bertz CT molecular complexity index is 1090. The van der Waals surface area contributed by atoms with Crippen LogP contribution in [0, 0.1) is 16.7 Å². The van der Waals surface area contributed by atoms with Crippen molar-refractivity contribution in [2.75, 3.05) is 5.32 Å². The quantitative estimate of drug-likeness (QED) is 0.462. The normalized spacial score (nSPS) is 17.7. The van der Waals surface area contributed by atoms with Crippen molar-refractivity contribution in [1.29, 1.82) is 5.26 Å². The van der Waals surface area contributed by atoms with Crippen LogP contribution >= 0.6 is 27.7 Å². The lowest BCUT2D eigenvalue weighted by Gasteiger charge is -2.43. The van der Waals surface area contributed by atoms with Crippen LogP contribution in [-0.4, -0.2) is 5.91 Å². The first-order valence-corrected chi connectivity index (χ1v) is 12.7. The van der Waals surface area contributed by atoms with E-state index in [9.17, 15) is 10.1 Å².